The summed E-state index contributed by atoms with van der Waals surface area (Å²) in [7, 11) is 0. The molecule has 2 aromatic rings. The number of hydrogen-bond acceptors (Lipinski definition) is 3. The van der Waals surface area contributed by atoms with Crippen LogP contribution in [0.5, 0.6) is 0 Å². The Labute approximate surface area is 132 Å². The van der Waals surface area contributed by atoms with Crippen molar-refractivity contribution in [2.24, 2.45) is 10.8 Å². The summed E-state index contributed by atoms with van der Waals surface area (Å²) in [5, 5.41) is 15.6. The van der Waals surface area contributed by atoms with Crippen molar-refractivity contribution in [3.05, 3.63) is 65.2 Å². The Morgan fingerprint density at radius 1 is 1.14 bits per heavy atom. The van der Waals surface area contributed by atoms with Gasteiger partial charge in [0.25, 0.3) is 0 Å². The summed E-state index contributed by atoms with van der Waals surface area (Å²) in [5.41, 5.74) is 6.78. The molecule has 0 spiro atoms. The molecule has 1 atom stereocenters. The lowest BCUT2D eigenvalue weighted by molar-refractivity contribution is 0.196. The third kappa shape index (κ3) is 2.44. The number of benzene rings is 2. The number of nitrogens with zero attached hydrogens (tertiary/aromatic N) is 3. The second kappa shape index (κ2) is 5.57. The van der Waals surface area contributed by atoms with Crippen LogP contribution in [0.25, 0.3) is 0 Å². The molecule has 1 unspecified atom stereocenters. The molecule has 0 saturated heterocycles. The molecular weight excluding hydrogens is 304 g/mol. The zero-order valence-electron chi connectivity index (χ0n) is 11.4. The molecule has 3 rings (SSSR count). The van der Waals surface area contributed by atoms with Crippen molar-refractivity contribution in [3.8, 4) is 0 Å². The lowest BCUT2D eigenvalue weighted by Crippen LogP contribution is -2.39. The molecule has 0 fully saturated rings. The number of amides is 2. The number of nitrogens with two attached hydrogens (primary N) is 1. The fraction of sp³-hybridized carbons (Fsp3) is 0.0667. The predicted molar refractivity (Wildman–Crippen MR) is 84.6 cm³/mol. The molecular formula is C15H13ClN4O2. The highest BCUT2D eigenvalue weighted by Crippen LogP contribution is 2.35. The average molecular weight is 317 g/mol. The van der Waals surface area contributed by atoms with E-state index in [1.54, 1.807) is 24.3 Å². The molecule has 3 N–H and O–H groups in total. The van der Waals surface area contributed by atoms with Crippen LogP contribution in [0.2, 0.25) is 5.02 Å². The van der Waals surface area contributed by atoms with Crippen LogP contribution in [0.3, 0.4) is 0 Å². The van der Waals surface area contributed by atoms with Crippen molar-refractivity contribution >= 4 is 29.3 Å². The molecule has 1 heterocycles. The van der Waals surface area contributed by atoms with Gasteiger partial charge in [-0.25, -0.2) is 4.79 Å². The van der Waals surface area contributed by atoms with Crippen LogP contribution < -0.4 is 10.6 Å². The van der Waals surface area contributed by atoms with E-state index >= 15 is 0 Å². The number of aliphatic hydroxyl groups excluding tert-OH is 1. The van der Waals surface area contributed by atoms with Gasteiger partial charge in [-0.15, -0.1) is 5.10 Å². The number of anilines is 1. The van der Waals surface area contributed by atoms with Crippen molar-refractivity contribution < 1.29 is 9.90 Å². The lowest BCUT2D eigenvalue weighted by Gasteiger charge is -2.28. The van der Waals surface area contributed by atoms with Gasteiger partial charge in [-0.1, -0.05) is 41.9 Å². The number of aliphatic hydroxyl groups is 1. The minimum Gasteiger partial charge on any atom is -0.479 e. The number of hydrogen-bond donors (Lipinski definition) is 2. The van der Waals surface area contributed by atoms with Gasteiger partial charge in [-0.05, 0) is 29.8 Å². The molecule has 2 aromatic carbocycles. The Bertz CT molecular complexity index is 718. The van der Waals surface area contributed by atoms with Gasteiger partial charge in [0.1, 0.15) is 0 Å². The molecule has 2 amide bonds. The SMILES string of the molecule is NC(=O)N1N=C(O)N(c2ccc(Cl)cc2)C1c1ccccc1. The topological polar surface area (TPSA) is 82.2 Å². The van der Waals surface area contributed by atoms with E-state index in [1.165, 1.54) is 4.90 Å². The van der Waals surface area contributed by atoms with Crippen molar-refractivity contribution in [2.45, 2.75) is 6.17 Å². The van der Waals surface area contributed by atoms with Crippen molar-refractivity contribution in [2.75, 3.05) is 4.90 Å². The maximum absolute atomic E-state index is 11.6. The first-order chi connectivity index (χ1) is 10.6. The molecule has 7 heteroatoms. The quantitative estimate of drug-likeness (QED) is 0.893. The Morgan fingerprint density at radius 3 is 2.36 bits per heavy atom. The largest absolute Gasteiger partial charge is 0.479 e. The van der Waals surface area contributed by atoms with Gasteiger partial charge >= 0.3 is 12.1 Å². The molecule has 0 saturated carbocycles. The zero-order valence-corrected chi connectivity index (χ0v) is 12.2. The molecule has 0 aromatic heterocycles. The molecule has 0 radical (unpaired) electrons. The van der Waals surface area contributed by atoms with E-state index in [0.717, 1.165) is 10.6 Å². The fourth-order valence-corrected chi connectivity index (χ4v) is 2.49. The molecule has 112 valence electrons. The summed E-state index contributed by atoms with van der Waals surface area (Å²) in [5.74, 6) is 0. The first-order valence-corrected chi connectivity index (χ1v) is 6.91. The second-order valence-electron chi connectivity index (χ2n) is 4.71. The lowest BCUT2D eigenvalue weighted by atomic mass is 10.1. The van der Waals surface area contributed by atoms with Crippen LogP contribution in [0.15, 0.2) is 59.7 Å². The fourth-order valence-electron chi connectivity index (χ4n) is 2.36. The normalized spacial score (nSPS) is 17.5. The Kier molecular flexibility index (Phi) is 3.60. The van der Waals surface area contributed by atoms with E-state index < -0.39 is 12.2 Å². The number of urea groups is 1. The summed E-state index contributed by atoms with van der Waals surface area (Å²) < 4.78 is 0. The Hall–Kier alpha value is -2.73. The van der Waals surface area contributed by atoms with Crippen LogP contribution in [0.4, 0.5) is 10.5 Å². The molecule has 6 nitrogen and oxygen atoms in total. The number of halogens is 1. The first kappa shape index (κ1) is 14.2. The summed E-state index contributed by atoms with van der Waals surface area (Å²) in [6.07, 6.45) is -0.653. The first-order valence-electron chi connectivity index (χ1n) is 6.54. The third-order valence-electron chi connectivity index (χ3n) is 3.32. The minimum atomic E-state index is -0.753. The van der Waals surface area contributed by atoms with E-state index in [0.29, 0.717) is 10.7 Å². The van der Waals surface area contributed by atoms with Crippen molar-refractivity contribution in [3.63, 3.8) is 0 Å². The van der Waals surface area contributed by atoms with Gasteiger partial charge in [-0.2, -0.15) is 5.01 Å². The molecule has 0 aliphatic carbocycles. The maximum Gasteiger partial charge on any atom is 0.337 e. The van der Waals surface area contributed by atoms with E-state index in [4.69, 9.17) is 17.3 Å². The van der Waals surface area contributed by atoms with E-state index in [2.05, 4.69) is 5.10 Å². The summed E-state index contributed by atoms with van der Waals surface area (Å²) >= 11 is 5.89. The van der Waals surface area contributed by atoms with E-state index in [9.17, 15) is 9.90 Å². The molecule has 1 aliphatic heterocycles. The van der Waals surface area contributed by atoms with E-state index in [-0.39, 0.29) is 6.02 Å². The maximum atomic E-state index is 11.6. The van der Waals surface area contributed by atoms with Crippen LogP contribution in [0, 0.1) is 0 Å². The number of rotatable bonds is 2. The highest BCUT2D eigenvalue weighted by atomic mass is 35.5. The highest BCUT2D eigenvalue weighted by molar-refractivity contribution is 6.30. The number of amidine groups is 1. The minimum absolute atomic E-state index is 0.310. The number of carbonyl (C=O) groups excluding carboxylic acids is 1. The number of hydrazone groups is 1. The van der Waals surface area contributed by atoms with Crippen LogP contribution in [-0.4, -0.2) is 22.2 Å². The molecule has 1 aliphatic rings. The van der Waals surface area contributed by atoms with E-state index in [1.807, 2.05) is 30.3 Å². The third-order valence-corrected chi connectivity index (χ3v) is 3.57. The van der Waals surface area contributed by atoms with Crippen LogP contribution >= 0.6 is 11.6 Å². The van der Waals surface area contributed by atoms with Gasteiger partial charge in [-0.3, -0.25) is 4.90 Å². The highest BCUT2D eigenvalue weighted by Gasteiger charge is 2.39. The van der Waals surface area contributed by atoms with Crippen molar-refractivity contribution in [1.29, 1.82) is 0 Å². The zero-order chi connectivity index (χ0) is 15.7. The van der Waals surface area contributed by atoms with Crippen LogP contribution in [0.1, 0.15) is 11.7 Å². The predicted octanol–water partition coefficient (Wildman–Crippen LogP) is 3.07. The van der Waals surface area contributed by atoms with Gasteiger partial charge < -0.3 is 10.8 Å². The van der Waals surface area contributed by atoms with Gasteiger partial charge in [0.15, 0.2) is 6.17 Å². The number of primary amides is 1. The summed E-state index contributed by atoms with van der Waals surface area (Å²) in [6.45, 7) is 0. The molecule has 22 heavy (non-hydrogen) atoms. The smallest absolute Gasteiger partial charge is 0.337 e. The standard InChI is InChI=1S/C15H13ClN4O2/c16-11-6-8-12(9-7-11)19-13(10-4-2-1-3-5-10)20(14(17)21)18-15(19)22/h1-9,13H,(H2,17,21)(H,18,22). The summed E-state index contributed by atoms with van der Waals surface area (Å²) in [4.78, 5) is 13.2. The van der Waals surface area contributed by atoms with Gasteiger partial charge in [0.2, 0.25) is 0 Å². The van der Waals surface area contributed by atoms with Gasteiger partial charge in [0.05, 0.1) is 0 Å². The van der Waals surface area contributed by atoms with Crippen LogP contribution in [-0.2, 0) is 0 Å². The Balaban J connectivity index is 2.08. The monoisotopic (exact) mass is 316 g/mol. The average Bonchev–Trinajstić information content (AvgIpc) is 2.87. The second-order valence-corrected chi connectivity index (χ2v) is 5.15. The molecule has 0 bridgehead atoms. The van der Waals surface area contributed by atoms with Crippen molar-refractivity contribution in [1.82, 2.24) is 5.01 Å². The number of carbonyl (C=O) groups is 1. The van der Waals surface area contributed by atoms with Gasteiger partial charge in [0, 0.05) is 10.7 Å². The summed E-state index contributed by atoms with van der Waals surface area (Å²) in [6, 6.07) is 15.0. The Morgan fingerprint density at radius 2 is 1.77 bits per heavy atom.